The second-order valence-electron chi connectivity index (χ2n) is 8.37. The van der Waals surface area contributed by atoms with Crippen LogP contribution in [0.1, 0.15) is 57.9 Å². The second kappa shape index (κ2) is 8.95. The largest absolute Gasteiger partial charge is 0.394 e. The van der Waals surface area contributed by atoms with Crippen molar-refractivity contribution >= 4 is 11.9 Å². The van der Waals surface area contributed by atoms with Crippen LogP contribution in [-0.4, -0.2) is 64.2 Å². The van der Waals surface area contributed by atoms with Crippen molar-refractivity contribution in [3.05, 3.63) is 35.9 Å². The molecule has 0 unspecified atom stereocenters. The highest BCUT2D eigenvalue weighted by atomic mass is 16.3. The van der Waals surface area contributed by atoms with Crippen molar-refractivity contribution in [3.8, 4) is 0 Å². The lowest BCUT2D eigenvalue weighted by Gasteiger charge is -2.56. The van der Waals surface area contributed by atoms with Gasteiger partial charge in [-0.2, -0.15) is 0 Å². The van der Waals surface area contributed by atoms with E-state index in [0.29, 0.717) is 6.54 Å². The molecule has 1 saturated heterocycles. The van der Waals surface area contributed by atoms with Crippen LogP contribution in [0, 0.1) is 0 Å². The molecule has 1 aromatic rings. The van der Waals surface area contributed by atoms with Crippen LogP contribution in [0.15, 0.2) is 30.3 Å². The highest BCUT2D eigenvalue weighted by molar-refractivity contribution is 5.77. The SMILES string of the molecule is CC(=O)N1[C@H](CO)[C@@H](c2ccccc2)[C@H]1CN(C(=O)NC(C)C)C1CCCC1. The Morgan fingerprint density at radius 2 is 1.82 bits per heavy atom. The van der Waals surface area contributed by atoms with Crippen molar-refractivity contribution in [1.29, 1.82) is 0 Å². The first-order chi connectivity index (χ1) is 13.4. The highest BCUT2D eigenvalue weighted by Crippen LogP contribution is 2.41. The quantitative estimate of drug-likeness (QED) is 0.788. The molecular weight excluding hydrogens is 354 g/mol. The van der Waals surface area contributed by atoms with Crippen LogP contribution in [0.2, 0.25) is 0 Å². The third-order valence-corrected chi connectivity index (χ3v) is 6.10. The second-order valence-corrected chi connectivity index (χ2v) is 8.37. The van der Waals surface area contributed by atoms with Crippen molar-refractivity contribution in [2.45, 2.75) is 76.5 Å². The lowest BCUT2D eigenvalue weighted by molar-refractivity contribution is -0.149. The summed E-state index contributed by atoms with van der Waals surface area (Å²) in [6.45, 7) is 5.90. The van der Waals surface area contributed by atoms with Gasteiger partial charge >= 0.3 is 6.03 Å². The minimum atomic E-state index is -0.233. The fraction of sp³-hybridized carbons (Fsp3) is 0.636. The summed E-state index contributed by atoms with van der Waals surface area (Å²) >= 11 is 0. The fourth-order valence-electron chi connectivity index (χ4n) is 4.88. The number of hydrogen-bond acceptors (Lipinski definition) is 3. The summed E-state index contributed by atoms with van der Waals surface area (Å²) in [6.07, 6.45) is 4.30. The predicted octanol–water partition coefficient (Wildman–Crippen LogP) is 2.72. The summed E-state index contributed by atoms with van der Waals surface area (Å²) in [5, 5.41) is 13.0. The lowest BCUT2D eigenvalue weighted by atomic mass is 9.74. The Labute approximate surface area is 167 Å². The van der Waals surface area contributed by atoms with Crippen LogP contribution in [0.4, 0.5) is 4.79 Å². The topological polar surface area (TPSA) is 72.9 Å². The molecule has 0 aromatic heterocycles. The van der Waals surface area contributed by atoms with Gasteiger partial charge in [0.05, 0.1) is 18.7 Å². The summed E-state index contributed by atoms with van der Waals surface area (Å²) < 4.78 is 0. The van der Waals surface area contributed by atoms with E-state index in [0.717, 1.165) is 31.2 Å². The van der Waals surface area contributed by atoms with Gasteiger partial charge in [0.25, 0.3) is 0 Å². The number of benzene rings is 1. The average Bonchev–Trinajstić information content (AvgIpc) is 3.15. The number of amides is 3. The van der Waals surface area contributed by atoms with Crippen molar-refractivity contribution in [1.82, 2.24) is 15.1 Å². The zero-order chi connectivity index (χ0) is 20.3. The Morgan fingerprint density at radius 3 is 2.36 bits per heavy atom. The maximum Gasteiger partial charge on any atom is 0.317 e. The van der Waals surface area contributed by atoms with Crippen molar-refractivity contribution in [2.75, 3.05) is 13.2 Å². The van der Waals surface area contributed by atoms with Gasteiger partial charge < -0.3 is 20.2 Å². The Hall–Kier alpha value is -2.08. The number of aliphatic hydroxyl groups is 1. The monoisotopic (exact) mass is 387 g/mol. The van der Waals surface area contributed by atoms with E-state index in [1.807, 2.05) is 49.1 Å². The minimum absolute atomic E-state index is 0.0332. The molecule has 6 nitrogen and oxygen atoms in total. The van der Waals surface area contributed by atoms with Crippen LogP contribution < -0.4 is 5.32 Å². The number of nitrogens with one attached hydrogen (secondary N) is 1. The van der Waals surface area contributed by atoms with Crippen LogP contribution in [0.25, 0.3) is 0 Å². The molecule has 3 rings (SSSR count). The van der Waals surface area contributed by atoms with E-state index in [9.17, 15) is 14.7 Å². The summed E-state index contributed by atoms with van der Waals surface area (Å²) in [5.41, 5.74) is 1.11. The predicted molar refractivity (Wildman–Crippen MR) is 109 cm³/mol. The number of urea groups is 1. The zero-order valence-corrected chi connectivity index (χ0v) is 17.2. The van der Waals surface area contributed by atoms with Crippen molar-refractivity contribution < 1.29 is 14.7 Å². The van der Waals surface area contributed by atoms with E-state index in [-0.39, 0.29) is 48.6 Å². The van der Waals surface area contributed by atoms with Gasteiger partial charge in [0, 0.05) is 31.5 Å². The minimum Gasteiger partial charge on any atom is -0.394 e. The molecule has 1 aromatic carbocycles. The zero-order valence-electron chi connectivity index (χ0n) is 17.2. The molecule has 0 spiro atoms. The van der Waals surface area contributed by atoms with Crippen molar-refractivity contribution in [2.24, 2.45) is 0 Å². The molecule has 0 radical (unpaired) electrons. The maximum atomic E-state index is 12.9. The molecule has 28 heavy (non-hydrogen) atoms. The van der Waals surface area contributed by atoms with E-state index in [4.69, 9.17) is 0 Å². The molecule has 1 aliphatic heterocycles. The van der Waals surface area contributed by atoms with E-state index >= 15 is 0 Å². The van der Waals surface area contributed by atoms with Gasteiger partial charge in [-0.3, -0.25) is 4.79 Å². The average molecular weight is 388 g/mol. The van der Waals surface area contributed by atoms with Gasteiger partial charge in [0.2, 0.25) is 5.91 Å². The smallest absolute Gasteiger partial charge is 0.317 e. The summed E-state index contributed by atoms with van der Waals surface area (Å²) in [7, 11) is 0. The first-order valence-corrected chi connectivity index (χ1v) is 10.5. The summed E-state index contributed by atoms with van der Waals surface area (Å²) in [5.74, 6) is -0.0160. The Balaban J connectivity index is 1.86. The summed E-state index contributed by atoms with van der Waals surface area (Å²) in [6, 6.07) is 9.92. The van der Waals surface area contributed by atoms with Crippen LogP contribution in [-0.2, 0) is 4.79 Å². The molecule has 3 atom stereocenters. The van der Waals surface area contributed by atoms with Crippen molar-refractivity contribution in [3.63, 3.8) is 0 Å². The number of carbonyl (C=O) groups excluding carboxylic acids is 2. The van der Waals surface area contributed by atoms with E-state index in [2.05, 4.69) is 5.32 Å². The van der Waals surface area contributed by atoms with Gasteiger partial charge in [-0.1, -0.05) is 43.2 Å². The third-order valence-electron chi connectivity index (χ3n) is 6.10. The number of rotatable bonds is 6. The van der Waals surface area contributed by atoms with Gasteiger partial charge in [0.1, 0.15) is 0 Å². The van der Waals surface area contributed by atoms with E-state index in [1.165, 1.54) is 0 Å². The van der Waals surface area contributed by atoms with Gasteiger partial charge in [-0.25, -0.2) is 4.79 Å². The fourth-order valence-corrected chi connectivity index (χ4v) is 4.88. The van der Waals surface area contributed by atoms with E-state index in [1.54, 1.807) is 11.8 Å². The third kappa shape index (κ3) is 4.17. The molecule has 154 valence electrons. The Bertz CT molecular complexity index is 673. The molecule has 2 aliphatic rings. The first kappa shape index (κ1) is 20.6. The molecule has 2 N–H and O–H groups in total. The summed E-state index contributed by atoms with van der Waals surface area (Å²) in [4.78, 5) is 29.0. The molecule has 3 amide bonds. The first-order valence-electron chi connectivity index (χ1n) is 10.5. The van der Waals surface area contributed by atoms with Crippen LogP contribution >= 0.6 is 0 Å². The molecule has 1 saturated carbocycles. The molecule has 0 bridgehead atoms. The number of aliphatic hydroxyl groups excluding tert-OH is 1. The highest BCUT2D eigenvalue weighted by Gasteiger charge is 2.51. The normalized spacial score (nSPS) is 24.9. The van der Waals surface area contributed by atoms with Crippen LogP contribution in [0.3, 0.4) is 0 Å². The molecule has 1 aliphatic carbocycles. The molecular formula is C22H33N3O3. The number of hydrogen-bond donors (Lipinski definition) is 2. The standard InChI is InChI=1S/C22H33N3O3/c1-15(2)23-22(28)24(18-11-7-8-12-18)13-19-21(17-9-5-4-6-10-17)20(14-26)25(19)16(3)27/h4-6,9-10,15,18-21,26H,7-8,11-14H2,1-3H3,(H,23,28)/t19-,20-,21+/m1/s1. The van der Waals surface area contributed by atoms with E-state index < -0.39 is 0 Å². The Kier molecular flexibility index (Phi) is 6.60. The molecule has 6 heteroatoms. The van der Waals surface area contributed by atoms with Gasteiger partial charge in [-0.15, -0.1) is 0 Å². The number of nitrogens with zero attached hydrogens (tertiary/aromatic N) is 2. The Morgan fingerprint density at radius 1 is 1.18 bits per heavy atom. The van der Waals surface area contributed by atoms with Gasteiger partial charge in [-0.05, 0) is 32.3 Å². The van der Waals surface area contributed by atoms with Gasteiger partial charge in [0.15, 0.2) is 0 Å². The number of carbonyl (C=O) groups is 2. The maximum absolute atomic E-state index is 12.9. The van der Waals surface area contributed by atoms with Crippen LogP contribution in [0.5, 0.6) is 0 Å². The number of likely N-dealkylation sites (tertiary alicyclic amines) is 1. The molecule has 1 heterocycles. The molecule has 2 fully saturated rings. The lowest BCUT2D eigenvalue weighted by Crippen LogP contribution is -2.69.